The molecule has 5 heteroatoms. The highest BCUT2D eigenvalue weighted by Gasteiger charge is 2.36. The van der Waals surface area contributed by atoms with Crippen molar-refractivity contribution in [1.29, 1.82) is 0 Å². The van der Waals surface area contributed by atoms with E-state index < -0.39 is 17.6 Å². The van der Waals surface area contributed by atoms with Crippen LogP contribution in [0, 0.1) is 5.82 Å². The maximum Gasteiger partial charge on any atom is 0.416 e. The van der Waals surface area contributed by atoms with Crippen molar-refractivity contribution in [1.82, 2.24) is 5.32 Å². The molecule has 1 heterocycles. The van der Waals surface area contributed by atoms with Crippen LogP contribution in [-0.4, -0.2) is 6.04 Å². The molecule has 1 aromatic rings. The molecule has 0 bridgehead atoms. The van der Waals surface area contributed by atoms with Crippen molar-refractivity contribution >= 4 is 0 Å². The second kappa shape index (κ2) is 4.29. The van der Waals surface area contributed by atoms with Gasteiger partial charge in [-0.2, -0.15) is 13.2 Å². The summed E-state index contributed by atoms with van der Waals surface area (Å²) >= 11 is 0. The molecule has 94 valence electrons. The Labute approximate surface area is 96.8 Å². The molecule has 0 aliphatic carbocycles. The number of rotatable bonds is 1. The smallest absolute Gasteiger partial charge is 0.307 e. The van der Waals surface area contributed by atoms with E-state index >= 15 is 0 Å². The lowest BCUT2D eigenvalue weighted by atomic mass is 9.98. The van der Waals surface area contributed by atoms with Crippen LogP contribution >= 0.6 is 0 Å². The Hall–Kier alpha value is -1.10. The molecule has 1 aromatic carbocycles. The summed E-state index contributed by atoms with van der Waals surface area (Å²) in [6, 6.07) is 2.75. The first-order valence-corrected chi connectivity index (χ1v) is 5.50. The Morgan fingerprint density at radius 3 is 2.47 bits per heavy atom. The van der Waals surface area contributed by atoms with E-state index in [9.17, 15) is 17.6 Å². The third-order valence-corrected chi connectivity index (χ3v) is 3.07. The van der Waals surface area contributed by atoms with Crippen LogP contribution in [0.25, 0.3) is 0 Å². The fourth-order valence-electron chi connectivity index (χ4n) is 2.25. The van der Waals surface area contributed by atoms with Crippen LogP contribution in [0.3, 0.4) is 0 Å². The summed E-state index contributed by atoms with van der Waals surface area (Å²) in [7, 11) is 0. The number of alkyl halides is 3. The highest BCUT2D eigenvalue weighted by Crippen LogP contribution is 2.38. The average molecular weight is 247 g/mol. The van der Waals surface area contributed by atoms with Crippen LogP contribution in [0.2, 0.25) is 0 Å². The Balaban J connectivity index is 2.39. The first kappa shape index (κ1) is 12.4. The van der Waals surface area contributed by atoms with Gasteiger partial charge in [-0.1, -0.05) is 6.07 Å². The third-order valence-electron chi connectivity index (χ3n) is 3.07. The minimum Gasteiger partial charge on any atom is -0.307 e. The monoisotopic (exact) mass is 247 g/mol. The lowest BCUT2D eigenvalue weighted by molar-refractivity contribution is -0.138. The molecule has 1 aliphatic heterocycles. The Bertz CT molecular complexity index is 413. The first-order valence-electron chi connectivity index (χ1n) is 5.50. The van der Waals surface area contributed by atoms with Gasteiger partial charge in [0.25, 0.3) is 0 Å². The Morgan fingerprint density at radius 1 is 1.24 bits per heavy atom. The van der Waals surface area contributed by atoms with Crippen LogP contribution in [0.15, 0.2) is 18.2 Å². The summed E-state index contributed by atoms with van der Waals surface area (Å²) < 4.78 is 51.3. The topological polar surface area (TPSA) is 12.0 Å². The van der Waals surface area contributed by atoms with Crippen molar-refractivity contribution in [3.8, 4) is 0 Å². The summed E-state index contributed by atoms with van der Waals surface area (Å²) in [6.07, 6.45) is -3.03. The number of nitrogens with one attached hydrogen (secondary N) is 1. The van der Waals surface area contributed by atoms with E-state index in [4.69, 9.17) is 0 Å². The van der Waals surface area contributed by atoms with Gasteiger partial charge in [0.2, 0.25) is 0 Å². The van der Waals surface area contributed by atoms with Crippen molar-refractivity contribution in [2.45, 2.75) is 38.0 Å². The fourth-order valence-corrected chi connectivity index (χ4v) is 2.25. The third kappa shape index (κ3) is 2.60. The second-order valence-corrected chi connectivity index (χ2v) is 4.43. The molecule has 2 rings (SSSR count). The normalized spacial score (nSPS) is 25.2. The van der Waals surface area contributed by atoms with Crippen molar-refractivity contribution in [2.75, 3.05) is 0 Å². The summed E-state index contributed by atoms with van der Waals surface area (Å²) in [4.78, 5) is 0. The number of hydrogen-bond donors (Lipinski definition) is 1. The van der Waals surface area contributed by atoms with Crippen molar-refractivity contribution < 1.29 is 17.6 Å². The zero-order chi connectivity index (χ0) is 12.6. The minimum absolute atomic E-state index is 0.142. The Kier molecular flexibility index (Phi) is 3.12. The van der Waals surface area contributed by atoms with Crippen LogP contribution in [0.1, 0.15) is 36.9 Å². The van der Waals surface area contributed by atoms with Gasteiger partial charge >= 0.3 is 6.18 Å². The molecule has 0 spiro atoms. The highest BCUT2D eigenvalue weighted by atomic mass is 19.4. The Morgan fingerprint density at radius 2 is 1.94 bits per heavy atom. The minimum atomic E-state index is -4.51. The van der Waals surface area contributed by atoms with Gasteiger partial charge in [-0.3, -0.25) is 0 Å². The van der Waals surface area contributed by atoms with Crippen molar-refractivity contribution in [3.05, 3.63) is 35.1 Å². The van der Waals surface area contributed by atoms with E-state index in [2.05, 4.69) is 5.32 Å². The van der Waals surface area contributed by atoms with Gasteiger partial charge in [-0.15, -0.1) is 0 Å². The molecule has 0 saturated carbocycles. The molecule has 1 N–H and O–H groups in total. The quantitative estimate of drug-likeness (QED) is 0.747. The SMILES string of the molecule is CC1CCC(c2ccc(F)cc2C(F)(F)F)N1. The number of halogens is 4. The van der Waals surface area contributed by atoms with Crippen LogP contribution in [0.5, 0.6) is 0 Å². The molecule has 1 aliphatic rings. The molecule has 2 atom stereocenters. The van der Waals surface area contributed by atoms with Crippen LogP contribution in [0.4, 0.5) is 17.6 Å². The molecule has 0 amide bonds. The standard InChI is InChI=1S/C12H13F4N/c1-7-2-5-11(17-7)9-4-3-8(13)6-10(9)12(14,15)16/h3-4,6-7,11,17H,2,5H2,1H3. The molecular weight excluding hydrogens is 234 g/mol. The summed E-state index contributed by atoms with van der Waals surface area (Å²) in [5, 5.41) is 3.08. The molecular formula is C12H13F4N. The zero-order valence-corrected chi connectivity index (χ0v) is 9.31. The molecule has 1 nitrogen and oxygen atoms in total. The molecule has 17 heavy (non-hydrogen) atoms. The number of benzene rings is 1. The predicted octanol–water partition coefficient (Wildman–Crippen LogP) is 3.66. The van der Waals surface area contributed by atoms with E-state index in [1.807, 2.05) is 6.92 Å². The predicted molar refractivity (Wildman–Crippen MR) is 56.0 cm³/mol. The first-order chi connectivity index (χ1) is 7.88. The lowest BCUT2D eigenvalue weighted by Crippen LogP contribution is -2.23. The van der Waals surface area contributed by atoms with Crippen LogP contribution < -0.4 is 5.32 Å². The molecule has 2 unspecified atom stereocenters. The maximum atomic E-state index is 12.9. The largest absolute Gasteiger partial charge is 0.416 e. The van der Waals surface area contributed by atoms with E-state index in [1.165, 1.54) is 6.07 Å². The van der Waals surface area contributed by atoms with E-state index in [0.717, 1.165) is 12.5 Å². The molecule has 1 fully saturated rings. The summed E-state index contributed by atoms with van der Waals surface area (Å²) in [6.45, 7) is 1.93. The summed E-state index contributed by atoms with van der Waals surface area (Å²) in [5.74, 6) is -0.855. The molecule has 0 aromatic heterocycles. The zero-order valence-electron chi connectivity index (χ0n) is 9.31. The summed E-state index contributed by atoms with van der Waals surface area (Å²) in [5.41, 5.74) is -0.729. The van der Waals surface area contributed by atoms with Crippen LogP contribution in [-0.2, 0) is 6.18 Å². The van der Waals surface area contributed by atoms with Gasteiger partial charge in [0.15, 0.2) is 0 Å². The average Bonchev–Trinajstić information content (AvgIpc) is 2.63. The van der Waals surface area contributed by atoms with E-state index in [1.54, 1.807) is 0 Å². The van der Waals surface area contributed by atoms with Gasteiger partial charge in [0, 0.05) is 12.1 Å². The fraction of sp³-hybridized carbons (Fsp3) is 0.500. The van der Waals surface area contributed by atoms with Gasteiger partial charge in [-0.25, -0.2) is 4.39 Å². The molecule has 0 radical (unpaired) electrons. The highest BCUT2D eigenvalue weighted by molar-refractivity contribution is 5.33. The van der Waals surface area contributed by atoms with Crippen molar-refractivity contribution in [3.63, 3.8) is 0 Å². The van der Waals surface area contributed by atoms with E-state index in [0.29, 0.717) is 12.5 Å². The lowest BCUT2D eigenvalue weighted by Gasteiger charge is -2.18. The maximum absolute atomic E-state index is 12.9. The van der Waals surface area contributed by atoms with Gasteiger partial charge in [0.1, 0.15) is 5.82 Å². The molecule has 1 saturated heterocycles. The van der Waals surface area contributed by atoms with Crippen molar-refractivity contribution in [2.24, 2.45) is 0 Å². The second-order valence-electron chi connectivity index (χ2n) is 4.43. The number of hydrogen-bond acceptors (Lipinski definition) is 1. The van der Waals surface area contributed by atoms with E-state index in [-0.39, 0.29) is 17.6 Å². The van der Waals surface area contributed by atoms with Gasteiger partial charge in [0.05, 0.1) is 5.56 Å². The van der Waals surface area contributed by atoms with Gasteiger partial charge < -0.3 is 5.32 Å². The van der Waals surface area contributed by atoms with Gasteiger partial charge in [-0.05, 0) is 37.5 Å².